The summed E-state index contributed by atoms with van der Waals surface area (Å²) in [6.07, 6.45) is 13.7. The fourth-order valence-corrected chi connectivity index (χ4v) is 3.06. The highest BCUT2D eigenvalue weighted by Crippen LogP contribution is 2.24. The molecule has 0 atom stereocenters. The predicted molar refractivity (Wildman–Crippen MR) is 73.7 cm³/mol. The van der Waals surface area contributed by atoms with E-state index in [2.05, 4.69) is 0 Å². The number of allylic oxidation sites excluding steroid dienone is 1. The minimum Gasteiger partial charge on any atom is -0.459 e. The molecule has 19 heavy (non-hydrogen) atoms. The van der Waals surface area contributed by atoms with Gasteiger partial charge in [0.2, 0.25) is 0 Å². The summed E-state index contributed by atoms with van der Waals surface area (Å²) in [5.41, 5.74) is 0. The summed E-state index contributed by atoms with van der Waals surface area (Å²) in [5.74, 6) is -0.121. The van der Waals surface area contributed by atoms with Crippen molar-refractivity contribution in [3.63, 3.8) is 0 Å². The zero-order valence-corrected chi connectivity index (χ0v) is 11.6. The Balaban J connectivity index is 1.73. The van der Waals surface area contributed by atoms with E-state index in [-0.39, 0.29) is 23.8 Å². The summed E-state index contributed by atoms with van der Waals surface area (Å²) in [4.78, 5) is 23.5. The number of hydrogen-bond donors (Lipinski definition) is 0. The molecule has 2 fully saturated rings. The van der Waals surface area contributed by atoms with Crippen molar-refractivity contribution in [3.8, 4) is 0 Å². The van der Waals surface area contributed by atoms with Crippen molar-refractivity contribution in [3.05, 3.63) is 12.2 Å². The van der Waals surface area contributed by atoms with Crippen LogP contribution in [0.5, 0.6) is 0 Å². The van der Waals surface area contributed by atoms with Crippen LogP contribution in [0.1, 0.15) is 64.2 Å². The fraction of sp³-hybridized carbons (Fsp3) is 0.750. The van der Waals surface area contributed by atoms with Crippen LogP contribution in [0.15, 0.2) is 12.2 Å². The Labute approximate surface area is 115 Å². The first-order valence-corrected chi connectivity index (χ1v) is 7.68. The molecule has 3 nitrogen and oxygen atoms in total. The highest BCUT2D eigenvalue weighted by atomic mass is 16.5. The Morgan fingerprint density at radius 2 is 1.37 bits per heavy atom. The molecule has 0 aromatic heterocycles. The van der Waals surface area contributed by atoms with Gasteiger partial charge in [-0.3, -0.25) is 4.79 Å². The molecule has 2 rings (SSSR count). The minimum absolute atomic E-state index is 0.0654. The predicted octanol–water partition coefficient (Wildman–Crippen LogP) is 3.57. The average molecular weight is 264 g/mol. The van der Waals surface area contributed by atoms with Gasteiger partial charge in [0, 0.05) is 12.0 Å². The summed E-state index contributed by atoms with van der Waals surface area (Å²) in [7, 11) is 0. The van der Waals surface area contributed by atoms with Crippen molar-refractivity contribution in [2.75, 3.05) is 0 Å². The van der Waals surface area contributed by atoms with Crippen LogP contribution >= 0.6 is 0 Å². The fourth-order valence-electron chi connectivity index (χ4n) is 3.06. The second-order valence-electron chi connectivity index (χ2n) is 5.77. The molecule has 0 unspecified atom stereocenters. The number of ether oxygens (including phenoxy) is 1. The molecule has 106 valence electrons. The third-order valence-electron chi connectivity index (χ3n) is 4.23. The van der Waals surface area contributed by atoms with Gasteiger partial charge in [-0.1, -0.05) is 25.7 Å². The van der Waals surface area contributed by atoms with Crippen molar-refractivity contribution >= 4 is 11.8 Å². The third kappa shape index (κ3) is 4.81. The van der Waals surface area contributed by atoms with Gasteiger partial charge < -0.3 is 4.74 Å². The number of ketones is 1. The molecule has 0 bridgehead atoms. The first-order chi connectivity index (χ1) is 9.25. The van der Waals surface area contributed by atoms with Crippen LogP contribution in [0.25, 0.3) is 0 Å². The van der Waals surface area contributed by atoms with Crippen molar-refractivity contribution in [2.45, 2.75) is 70.3 Å². The lowest BCUT2D eigenvalue weighted by molar-refractivity contribution is -0.144. The summed E-state index contributed by atoms with van der Waals surface area (Å²) in [6.45, 7) is 0. The van der Waals surface area contributed by atoms with E-state index in [1.54, 1.807) is 0 Å². The van der Waals surface area contributed by atoms with Crippen molar-refractivity contribution in [1.29, 1.82) is 0 Å². The summed E-state index contributed by atoms with van der Waals surface area (Å²) in [5, 5.41) is 0. The molecule has 0 aromatic carbocycles. The molecule has 2 saturated carbocycles. The van der Waals surface area contributed by atoms with Gasteiger partial charge >= 0.3 is 5.97 Å². The Morgan fingerprint density at radius 3 is 2.00 bits per heavy atom. The van der Waals surface area contributed by atoms with E-state index in [9.17, 15) is 9.59 Å². The molecule has 0 spiro atoms. The largest absolute Gasteiger partial charge is 0.459 e. The highest BCUT2D eigenvalue weighted by molar-refractivity contribution is 5.97. The normalized spacial score (nSPS) is 22.5. The van der Waals surface area contributed by atoms with E-state index in [4.69, 9.17) is 4.74 Å². The topological polar surface area (TPSA) is 43.4 Å². The summed E-state index contributed by atoms with van der Waals surface area (Å²) in [6, 6.07) is 0. The van der Waals surface area contributed by atoms with Crippen LogP contribution in [0.3, 0.4) is 0 Å². The molecule has 0 N–H and O–H groups in total. The second kappa shape index (κ2) is 7.46. The van der Waals surface area contributed by atoms with Crippen LogP contribution in [0, 0.1) is 5.92 Å². The lowest BCUT2D eigenvalue weighted by Gasteiger charge is -2.21. The summed E-state index contributed by atoms with van der Waals surface area (Å²) < 4.78 is 5.35. The highest BCUT2D eigenvalue weighted by Gasteiger charge is 2.20. The van der Waals surface area contributed by atoms with Gasteiger partial charge in [0.05, 0.1) is 0 Å². The van der Waals surface area contributed by atoms with Gasteiger partial charge in [0.25, 0.3) is 0 Å². The van der Waals surface area contributed by atoms with Gasteiger partial charge in [0.1, 0.15) is 6.10 Å². The van der Waals surface area contributed by atoms with E-state index in [0.717, 1.165) is 51.4 Å². The summed E-state index contributed by atoms with van der Waals surface area (Å²) >= 11 is 0. The van der Waals surface area contributed by atoms with Gasteiger partial charge in [0.15, 0.2) is 5.78 Å². The Morgan fingerprint density at radius 1 is 0.789 bits per heavy atom. The van der Waals surface area contributed by atoms with E-state index >= 15 is 0 Å². The third-order valence-corrected chi connectivity index (χ3v) is 4.23. The monoisotopic (exact) mass is 264 g/mol. The van der Waals surface area contributed by atoms with Crippen molar-refractivity contribution in [1.82, 2.24) is 0 Å². The Bertz CT molecular complexity index is 334. The van der Waals surface area contributed by atoms with Crippen LogP contribution in [-0.4, -0.2) is 17.9 Å². The Kier molecular flexibility index (Phi) is 5.62. The standard InChI is InChI=1S/C16H24O3/c17-15(13-7-3-1-4-8-13)11-12-16(18)19-14-9-5-2-6-10-14/h11-14H,1-10H2/b12-11+. The number of carbonyl (C=O) groups excluding carboxylic acids is 2. The first-order valence-electron chi connectivity index (χ1n) is 7.68. The molecule has 0 aliphatic heterocycles. The van der Waals surface area contributed by atoms with Crippen LogP contribution in [-0.2, 0) is 14.3 Å². The number of carbonyl (C=O) groups is 2. The molecule has 0 amide bonds. The van der Waals surface area contributed by atoms with Gasteiger partial charge in [-0.05, 0) is 44.6 Å². The van der Waals surface area contributed by atoms with E-state index in [1.165, 1.54) is 25.0 Å². The van der Waals surface area contributed by atoms with Crippen molar-refractivity contribution < 1.29 is 14.3 Å². The lowest BCUT2D eigenvalue weighted by atomic mass is 9.86. The number of esters is 1. The first kappa shape index (κ1) is 14.3. The van der Waals surface area contributed by atoms with E-state index in [0.29, 0.717) is 0 Å². The molecule has 0 radical (unpaired) electrons. The second-order valence-corrected chi connectivity index (χ2v) is 5.77. The molecule has 2 aliphatic carbocycles. The van der Waals surface area contributed by atoms with Crippen LogP contribution in [0.2, 0.25) is 0 Å². The smallest absolute Gasteiger partial charge is 0.331 e. The maximum absolute atomic E-state index is 11.9. The zero-order valence-electron chi connectivity index (χ0n) is 11.6. The molecule has 0 aromatic rings. The average Bonchev–Trinajstić information content (AvgIpc) is 2.47. The maximum atomic E-state index is 11.9. The molecular weight excluding hydrogens is 240 g/mol. The Hall–Kier alpha value is -1.12. The minimum atomic E-state index is -0.351. The number of hydrogen-bond acceptors (Lipinski definition) is 3. The van der Waals surface area contributed by atoms with Crippen LogP contribution < -0.4 is 0 Å². The lowest BCUT2D eigenvalue weighted by Crippen LogP contribution is -2.20. The molecular formula is C16H24O3. The van der Waals surface area contributed by atoms with Crippen molar-refractivity contribution in [2.24, 2.45) is 5.92 Å². The van der Waals surface area contributed by atoms with Crippen LogP contribution in [0.4, 0.5) is 0 Å². The molecule has 0 heterocycles. The van der Waals surface area contributed by atoms with E-state index < -0.39 is 0 Å². The van der Waals surface area contributed by atoms with Gasteiger partial charge in [-0.15, -0.1) is 0 Å². The molecule has 2 aliphatic rings. The SMILES string of the molecule is O=C(/C=C/C(=O)C1CCCCC1)OC1CCCCC1. The molecule has 0 saturated heterocycles. The van der Waals surface area contributed by atoms with Gasteiger partial charge in [-0.25, -0.2) is 4.79 Å². The van der Waals surface area contributed by atoms with Gasteiger partial charge in [-0.2, -0.15) is 0 Å². The van der Waals surface area contributed by atoms with E-state index in [1.807, 2.05) is 0 Å². The zero-order chi connectivity index (χ0) is 13.5. The quantitative estimate of drug-likeness (QED) is 0.576. The maximum Gasteiger partial charge on any atom is 0.331 e. The number of rotatable bonds is 4. The molecule has 3 heteroatoms.